The molecule has 136 valence electrons. The van der Waals surface area contributed by atoms with Crippen LogP contribution in [0, 0.1) is 11.7 Å². The Morgan fingerprint density at radius 3 is 2.38 bits per heavy atom. The van der Waals surface area contributed by atoms with E-state index in [9.17, 15) is 17.6 Å². The molecule has 4 N–H and O–H groups in total. The average molecular weight is 359 g/mol. The first-order chi connectivity index (χ1) is 11.0. The number of sulfonamides is 1. The van der Waals surface area contributed by atoms with E-state index in [1.807, 2.05) is 20.8 Å². The highest BCUT2D eigenvalue weighted by atomic mass is 32.2. The molecule has 0 radical (unpaired) electrons. The van der Waals surface area contributed by atoms with Crippen LogP contribution in [0.1, 0.15) is 34.1 Å². The zero-order valence-corrected chi connectivity index (χ0v) is 15.3. The van der Waals surface area contributed by atoms with Crippen LogP contribution in [0.5, 0.6) is 0 Å². The zero-order chi connectivity index (χ0) is 18.5. The SMILES string of the molecule is CC(C)CC(C)(CN)NC(=O)C(C)NS(=O)(=O)c1ccccc1F. The number of carbonyl (C=O) groups excluding carboxylic acids is 1. The summed E-state index contributed by atoms with van der Waals surface area (Å²) in [5, 5.41) is 2.78. The Labute approximate surface area is 143 Å². The lowest BCUT2D eigenvalue weighted by molar-refractivity contribution is -0.124. The van der Waals surface area contributed by atoms with E-state index in [-0.39, 0.29) is 6.54 Å². The van der Waals surface area contributed by atoms with Gasteiger partial charge in [-0.25, -0.2) is 12.8 Å². The summed E-state index contributed by atoms with van der Waals surface area (Å²) in [6.07, 6.45) is 0.655. The van der Waals surface area contributed by atoms with E-state index in [0.29, 0.717) is 12.3 Å². The number of carbonyl (C=O) groups is 1. The van der Waals surface area contributed by atoms with Crippen molar-refractivity contribution in [3.05, 3.63) is 30.1 Å². The number of hydrogen-bond acceptors (Lipinski definition) is 4. The molecular weight excluding hydrogens is 333 g/mol. The average Bonchev–Trinajstić information content (AvgIpc) is 2.46. The quantitative estimate of drug-likeness (QED) is 0.652. The van der Waals surface area contributed by atoms with Crippen molar-refractivity contribution in [2.24, 2.45) is 11.7 Å². The van der Waals surface area contributed by atoms with E-state index in [4.69, 9.17) is 5.73 Å². The van der Waals surface area contributed by atoms with Gasteiger partial charge in [-0.2, -0.15) is 4.72 Å². The van der Waals surface area contributed by atoms with Gasteiger partial charge in [-0.15, -0.1) is 0 Å². The standard InChI is InChI=1S/C16H26FN3O3S/c1-11(2)9-16(4,10-18)19-15(21)12(3)20-24(22,23)14-8-6-5-7-13(14)17/h5-8,11-12,20H,9-10,18H2,1-4H3,(H,19,21). The molecule has 24 heavy (non-hydrogen) atoms. The van der Waals surface area contributed by atoms with Crippen LogP contribution in [0.4, 0.5) is 4.39 Å². The number of rotatable bonds is 8. The van der Waals surface area contributed by atoms with Gasteiger partial charge in [0.25, 0.3) is 0 Å². The smallest absolute Gasteiger partial charge is 0.244 e. The van der Waals surface area contributed by atoms with Crippen LogP contribution in [0.25, 0.3) is 0 Å². The van der Waals surface area contributed by atoms with Crippen LogP contribution in [-0.4, -0.2) is 32.5 Å². The highest BCUT2D eigenvalue weighted by molar-refractivity contribution is 7.89. The van der Waals surface area contributed by atoms with Gasteiger partial charge in [0.15, 0.2) is 0 Å². The minimum absolute atomic E-state index is 0.226. The molecule has 0 heterocycles. The van der Waals surface area contributed by atoms with Crippen LogP contribution in [-0.2, 0) is 14.8 Å². The Morgan fingerprint density at radius 2 is 1.88 bits per heavy atom. The Morgan fingerprint density at radius 1 is 1.29 bits per heavy atom. The van der Waals surface area contributed by atoms with E-state index >= 15 is 0 Å². The number of nitrogens with two attached hydrogens (primary N) is 1. The Hall–Kier alpha value is -1.51. The fourth-order valence-corrected chi connectivity index (χ4v) is 3.79. The van der Waals surface area contributed by atoms with E-state index in [1.165, 1.54) is 19.1 Å². The fourth-order valence-electron chi connectivity index (χ4n) is 2.50. The third-order valence-electron chi connectivity index (χ3n) is 3.59. The lowest BCUT2D eigenvalue weighted by atomic mass is 9.90. The minimum Gasteiger partial charge on any atom is -0.348 e. The molecule has 0 aliphatic carbocycles. The molecule has 0 aliphatic heterocycles. The van der Waals surface area contributed by atoms with Gasteiger partial charge in [0.05, 0.1) is 6.04 Å². The second-order valence-corrected chi connectivity index (χ2v) is 8.31. The molecule has 1 aromatic carbocycles. The molecule has 0 spiro atoms. The summed E-state index contributed by atoms with van der Waals surface area (Å²) < 4.78 is 40.3. The fraction of sp³-hybridized carbons (Fsp3) is 0.562. The lowest BCUT2D eigenvalue weighted by Crippen LogP contribution is -2.57. The van der Waals surface area contributed by atoms with Crippen LogP contribution in [0.3, 0.4) is 0 Å². The monoisotopic (exact) mass is 359 g/mol. The second-order valence-electron chi connectivity index (χ2n) is 6.63. The molecule has 0 saturated carbocycles. The molecule has 2 atom stereocenters. The molecule has 1 aromatic rings. The van der Waals surface area contributed by atoms with Crippen molar-refractivity contribution in [3.8, 4) is 0 Å². The topological polar surface area (TPSA) is 101 Å². The van der Waals surface area contributed by atoms with Gasteiger partial charge in [-0.3, -0.25) is 4.79 Å². The Kier molecular flexibility index (Phi) is 6.88. The van der Waals surface area contributed by atoms with Crippen molar-refractivity contribution < 1.29 is 17.6 Å². The second kappa shape index (κ2) is 8.04. The van der Waals surface area contributed by atoms with Crippen molar-refractivity contribution in [2.45, 2.75) is 50.6 Å². The van der Waals surface area contributed by atoms with Crippen LogP contribution in [0.15, 0.2) is 29.2 Å². The third-order valence-corrected chi connectivity index (χ3v) is 5.16. The molecule has 0 bridgehead atoms. The number of hydrogen-bond donors (Lipinski definition) is 3. The third kappa shape index (κ3) is 5.54. The summed E-state index contributed by atoms with van der Waals surface area (Å²) >= 11 is 0. The molecule has 8 heteroatoms. The first-order valence-electron chi connectivity index (χ1n) is 7.80. The van der Waals surface area contributed by atoms with Crippen molar-refractivity contribution in [3.63, 3.8) is 0 Å². The minimum atomic E-state index is -4.14. The molecule has 0 saturated heterocycles. The van der Waals surface area contributed by atoms with Crippen LogP contribution < -0.4 is 15.8 Å². The number of amides is 1. The molecule has 6 nitrogen and oxygen atoms in total. The van der Waals surface area contributed by atoms with Crippen LogP contribution in [0.2, 0.25) is 0 Å². The summed E-state index contributed by atoms with van der Waals surface area (Å²) in [6, 6.07) is 3.94. The highest BCUT2D eigenvalue weighted by Gasteiger charge is 2.30. The van der Waals surface area contributed by atoms with Gasteiger partial charge in [-0.1, -0.05) is 26.0 Å². The maximum Gasteiger partial charge on any atom is 0.244 e. The van der Waals surface area contributed by atoms with E-state index < -0.39 is 38.2 Å². The predicted octanol–water partition coefficient (Wildman–Crippen LogP) is 1.37. The largest absolute Gasteiger partial charge is 0.348 e. The van der Waals surface area contributed by atoms with Gasteiger partial charge in [0.1, 0.15) is 10.7 Å². The van der Waals surface area contributed by atoms with Crippen molar-refractivity contribution in [1.82, 2.24) is 10.0 Å². The molecule has 0 aromatic heterocycles. The highest BCUT2D eigenvalue weighted by Crippen LogP contribution is 2.16. The summed E-state index contributed by atoms with van der Waals surface area (Å²) in [6.45, 7) is 7.45. The van der Waals surface area contributed by atoms with Gasteiger partial charge < -0.3 is 11.1 Å². The molecule has 0 fully saturated rings. The molecular formula is C16H26FN3O3S. The molecule has 1 rings (SSSR count). The van der Waals surface area contributed by atoms with Crippen molar-refractivity contribution >= 4 is 15.9 Å². The zero-order valence-electron chi connectivity index (χ0n) is 14.5. The Bertz CT molecular complexity index is 679. The van der Waals surface area contributed by atoms with Gasteiger partial charge in [-0.05, 0) is 38.3 Å². The number of halogens is 1. The maximum atomic E-state index is 13.7. The lowest BCUT2D eigenvalue weighted by Gasteiger charge is -2.32. The summed E-state index contributed by atoms with van der Waals surface area (Å²) in [5.74, 6) is -1.07. The van der Waals surface area contributed by atoms with Crippen molar-refractivity contribution in [1.29, 1.82) is 0 Å². The molecule has 1 amide bonds. The predicted molar refractivity (Wildman–Crippen MR) is 91.2 cm³/mol. The molecule has 2 unspecified atom stereocenters. The van der Waals surface area contributed by atoms with Gasteiger partial charge in [0.2, 0.25) is 15.9 Å². The number of benzene rings is 1. The van der Waals surface area contributed by atoms with E-state index in [1.54, 1.807) is 0 Å². The first kappa shape index (κ1) is 20.5. The molecule has 0 aliphatic rings. The Balaban J connectivity index is 2.85. The summed E-state index contributed by atoms with van der Waals surface area (Å²) in [5.41, 5.74) is 5.10. The maximum absolute atomic E-state index is 13.7. The summed E-state index contributed by atoms with van der Waals surface area (Å²) in [7, 11) is -4.14. The van der Waals surface area contributed by atoms with E-state index in [2.05, 4.69) is 10.0 Å². The number of nitrogens with one attached hydrogen (secondary N) is 2. The van der Waals surface area contributed by atoms with Gasteiger partial charge in [0, 0.05) is 12.1 Å². The summed E-state index contributed by atoms with van der Waals surface area (Å²) in [4.78, 5) is 11.8. The first-order valence-corrected chi connectivity index (χ1v) is 9.28. The van der Waals surface area contributed by atoms with Crippen LogP contribution >= 0.6 is 0 Å². The van der Waals surface area contributed by atoms with Crippen molar-refractivity contribution in [2.75, 3.05) is 6.54 Å². The van der Waals surface area contributed by atoms with E-state index in [0.717, 1.165) is 12.1 Å². The normalized spacial score (nSPS) is 15.8. The van der Waals surface area contributed by atoms with Gasteiger partial charge >= 0.3 is 0 Å².